The average Bonchev–Trinajstić information content (AvgIpc) is 3.35. The molecule has 0 spiro atoms. The Labute approximate surface area is 222 Å². The van der Waals surface area contributed by atoms with Crippen molar-refractivity contribution in [3.63, 3.8) is 0 Å². The van der Waals surface area contributed by atoms with Crippen LogP contribution >= 0.6 is 0 Å². The quantitative estimate of drug-likeness (QED) is 0.572. The van der Waals surface area contributed by atoms with E-state index in [0.29, 0.717) is 43.8 Å². The van der Waals surface area contributed by atoms with E-state index in [1.54, 1.807) is 0 Å². The van der Waals surface area contributed by atoms with Crippen LogP contribution in [0.4, 0.5) is 24.7 Å². The van der Waals surface area contributed by atoms with Crippen molar-refractivity contribution in [2.45, 2.75) is 75.7 Å². The molecule has 0 amide bonds. The van der Waals surface area contributed by atoms with Crippen molar-refractivity contribution < 1.29 is 23.0 Å². The first kappa shape index (κ1) is 26.0. The van der Waals surface area contributed by atoms with Crippen LogP contribution < -0.4 is 15.1 Å². The van der Waals surface area contributed by atoms with Crippen LogP contribution in [-0.2, 0) is 10.9 Å². The number of nitrogens with one attached hydrogen (secondary N) is 1. The second kappa shape index (κ2) is 10.4. The van der Waals surface area contributed by atoms with Gasteiger partial charge in [0, 0.05) is 50.3 Å². The highest BCUT2D eigenvalue weighted by molar-refractivity contribution is 5.76. The number of nitrogens with zero attached hydrogens (tertiary/aromatic N) is 4. The first-order valence-electron chi connectivity index (χ1n) is 14.1. The lowest BCUT2D eigenvalue weighted by Gasteiger charge is -2.52. The second-order valence-electron chi connectivity index (χ2n) is 11.3. The van der Waals surface area contributed by atoms with Gasteiger partial charge in [0.25, 0.3) is 0 Å². The summed E-state index contributed by atoms with van der Waals surface area (Å²) in [6, 6.07) is 1.59. The fourth-order valence-electron chi connectivity index (χ4n) is 6.57. The Balaban J connectivity index is 1.26. The fourth-order valence-corrected chi connectivity index (χ4v) is 6.57. The van der Waals surface area contributed by atoms with Crippen molar-refractivity contribution in [1.29, 1.82) is 0 Å². The molecule has 0 bridgehead atoms. The Kier molecular flexibility index (Phi) is 7.07. The molecule has 0 aromatic carbocycles. The molecule has 4 heterocycles. The van der Waals surface area contributed by atoms with Crippen LogP contribution in [0.15, 0.2) is 34.8 Å². The number of ether oxygens (including phenoxy) is 1. The minimum Gasteiger partial charge on any atom is -0.384 e. The van der Waals surface area contributed by atoms with Gasteiger partial charge in [-0.3, -0.25) is 0 Å². The Hall–Kier alpha value is -2.30. The molecule has 1 aromatic rings. The van der Waals surface area contributed by atoms with Gasteiger partial charge < -0.3 is 29.9 Å². The highest BCUT2D eigenvalue weighted by atomic mass is 19.4. The van der Waals surface area contributed by atoms with Crippen LogP contribution in [0.2, 0.25) is 0 Å². The summed E-state index contributed by atoms with van der Waals surface area (Å²) in [7, 11) is 1.88. The Morgan fingerprint density at radius 2 is 1.97 bits per heavy atom. The largest absolute Gasteiger partial charge is 0.417 e. The summed E-state index contributed by atoms with van der Waals surface area (Å²) >= 11 is 0. The number of fused-ring (bicyclic) bond motifs is 3. The van der Waals surface area contributed by atoms with E-state index in [9.17, 15) is 18.3 Å². The molecular weight excluding hydrogens is 495 g/mol. The molecular formula is C28H38F3N5O2. The molecule has 3 unspecified atom stereocenters. The summed E-state index contributed by atoms with van der Waals surface area (Å²) < 4.78 is 46.5. The number of likely N-dealkylation sites (N-methyl/N-ethyl adjacent to an activating group) is 1. The van der Waals surface area contributed by atoms with Crippen molar-refractivity contribution in [2.24, 2.45) is 0 Å². The van der Waals surface area contributed by atoms with Gasteiger partial charge in [-0.1, -0.05) is 0 Å². The van der Waals surface area contributed by atoms with E-state index < -0.39 is 17.8 Å². The number of hydrogen-bond acceptors (Lipinski definition) is 7. The predicted octanol–water partition coefficient (Wildman–Crippen LogP) is 4.05. The van der Waals surface area contributed by atoms with Gasteiger partial charge in [-0.05, 0) is 75.1 Å². The maximum atomic E-state index is 13.5. The summed E-state index contributed by atoms with van der Waals surface area (Å²) in [6.45, 7) is 3.91. The van der Waals surface area contributed by atoms with Crippen molar-refractivity contribution >= 4 is 11.5 Å². The van der Waals surface area contributed by atoms with E-state index in [4.69, 9.17) is 4.74 Å². The smallest absolute Gasteiger partial charge is 0.384 e. The lowest BCUT2D eigenvalue weighted by Crippen LogP contribution is -2.59. The monoisotopic (exact) mass is 533 g/mol. The Morgan fingerprint density at radius 1 is 1.18 bits per heavy atom. The molecule has 3 aliphatic heterocycles. The Bertz CT molecular complexity index is 1100. The van der Waals surface area contributed by atoms with Crippen LogP contribution in [0.3, 0.4) is 0 Å². The zero-order valence-electron chi connectivity index (χ0n) is 22.1. The van der Waals surface area contributed by atoms with E-state index in [1.165, 1.54) is 23.6 Å². The van der Waals surface area contributed by atoms with E-state index in [2.05, 4.69) is 20.1 Å². The highest BCUT2D eigenvalue weighted by Crippen LogP contribution is 2.46. The van der Waals surface area contributed by atoms with Crippen LogP contribution in [0, 0.1) is 0 Å². The summed E-state index contributed by atoms with van der Waals surface area (Å²) in [5, 5.41) is 14.8. The predicted molar refractivity (Wildman–Crippen MR) is 140 cm³/mol. The number of aliphatic hydroxyl groups is 1. The number of aliphatic hydroxyl groups excluding tert-OH is 1. The van der Waals surface area contributed by atoms with Crippen molar-refractivity contribution in [1.82, 2.24) is 15.2 Å². The lowest BCUT2D eigenvalue weighted by molar-refractivity contribution is -0.137. The summed E-state index contributed by atoms with van der Waals surface area (Å²) in [5.41, 5.74) is 4.53. The maximum Gasteiger partial charge on any atom is 0.417 e. The first-order chi connectivity index (χ1) is 18.3. The Morgan fingerprint density at radius 3 is 2.61 bits per heavy atom. The number of halogens is 3. The highest BCUT2D eigenvalue weighted by Gasteiger charge is 2.43. The third-order valence-corrected chi connectivity index (χ3v) is 8.92. The van der Waals surface area contributed by atoms with Crippen LogP contribution in [0.1, 0.15) is 56.9 Å². The average molecular weight is 534 g/mol. The van der Waals surface area contributed by atoms with Gasteiger partial charge in [-0.15, -0.1) is 0 Å². The molecule has 2 saturated heterocycles. The fraction of sp³-hybridized carbons (Fsp3) is 0.679. The minimum atomic E-state index is -4.43. The zero-order valence-corrected chi connectivity index (χ0v) is 22.1. The third-order valence-electron chi connectivity index (χ3n) is 8.92. The number of allylic oxidation sites excluding steroid dienone is 2. The molecule has 6 rings (SSSR count). The molecule has 1 aromatic heterocycles. The second-order valence-corrected chi connectivity index (χ2v) is 11.3. The van der Waals surface area contributed by atoms with Gasteiger partial charge in [0.2, 0.25) is 0 Å². The van der Waals surface area contributed by atoms with E-state index in [1.807, 2.05) is 11.9 Å². The van der Waals surface area contributed by atoms with Crippen molar-refractivity contribution in [3.8, 4) is 0 Å². The van der Waals surface area contributed by atoms with Crippen molar-refractivity contribution in [2.75, 3.05) is 56.2 Å². The first-order valence-corrected chi connectivity index (χ1v) is 14.1. The van der Waals surface area contributed by atoms with Gasteiger partial charge in [-0.25, -0.2) is 4.98 Å². The van der Waals surface area contributed by atoms with Gasteiger partial charge in [0.15, 0.2) is 5.82 Å². The summed E-state index contributed by atoms with van der Waals surface area (Å²) in [6.07, 6.45) is 4.32. The van der Waals surface area contributed by atoms with E-state index >= 15 is 0 Å². The number of alkyl halides is 3. The summed E-state index contributed by atoms with van der Waals surface area (Å²) in [4.78, 5) is 10.8. The molecule has 2 aliphatic carbocycles. The number of anilines is 2. The lowest BCUT2D eigenvalue weighted by atomic mass is 9.85. The molecule has 38 heavy (non-hydrogen) atoms. The molecule has 4 fully saturated rings. The number of pyridine rings is 1. The molecule has 7 nitrogen and oxygen atoms in total. The molecule has 208 valence electrons. The topological polar surface area (TPSA) is 64.1 Å². The number of hydrogen-bond donors (Lipinski definition) is 2. The minimum absolute atomic E-state index is 0.0210. The zero-order chi connectivity index (χ0) is 26.4. The van der Waals surface area contributed by atoms with Crippen LogP contribution in [0.25, 0.3) is 0 Å². The number of rotatable bonds is 6. The van der Waals surface area contributed by atoms with E-state index in [0.717, 1.165) is 69.1 Å². The standard InChI is InChI=1S/C28H38F3N5O2/c1-34-22-13-20(28(29,30)31)14-33-27(22)36-12-11-35(15-23(36)25(34)18-5-2-6-18)26(19-7-3-8-19)24(37)17-38-16-21-9-4-10-32-21/h13-14,21,23-24,32,37H,2-12,15-17H2,1H3. The number of aromatic nitrogens is 1. The van der Waals surface area contributed by atoms with Crippen LogP contribution in [-0.4, -0.2) is 79.6 Å². The van der Waals surface area contributed by atoms with E-state index in [-0.39, 0.29) is 12.6 Å². The number of piperazine rings is 1. The SMILES string of the molecule is CN1C(=C2CCC2)C2CN(C(=C3CCC3)C(O)COCC3CCCN3)CCN2c2ncc(C(F)(F)F)cc21. The third kappa shape index (κ3) is 4.79. The normalized spacial score (nSPS) is 26.1. The molecule has 2 N–H and O–H groups in total. The van der Waals surface area contributed by atoms with Gasteiger partial charge in [0.05, 0.1) is 30.5 Å². The molecule has 2 saturated carbocycles. The molecule has 10 heteroatoms. The van der Waals surface area contributed by atoms with Gasteiger partial charge in [-0.2, -0.15) is 13.2 Å². The molecule has 5 aliphatic rings. The maximum absolute atomic E-state index is 13.5. The van der Waals surface area contributed by atoms with Crippen molar-refractivity contribution in [3.05, 3.63) is 40.4 Å². The van der Waals surface area contributed by atoms with Gasteiger partial charge in [0.1, 0.15) is 6.10 Å². The van der Waals surface area contributed by atoms with Crippen LogP contribution in [0.5, 0.6) is 0 Å². The molecule has 3 atom stereocenters. The summed E-state index contributed by atoms with van der Waals surface area (Å²) in [5.74, 6) is 0.611. The molecule has 0 radical (unpaired) electrons. The van der Waals surface area contributed by atoms with Gasteiger partial charge >= 0.3 is 6.18 Å².